The van der Waals surface area contributed by atoms with Crippen LogP contribution in [-0.2, 0) is 9.84 Å². The molecule has 8 heteroatoms. The van der Waals surface area contributed by atoms with E-state index in [-0.39, 0.29) is 29.1 Å². The number of hydrogen-bond donors (Lipinski definition) is 1. The Kier molecular flexibility index (Phi) is 4.95. The van der Waals surface area contributed by atoms with Gasteiger partial charge in [-0.05, 0) is 32.4 Å². The van der Waals surface area contributed by atoms with E-state index in [2.05, 4.69) is 15.3 Å². The molecule has 1 unspecified atom stereocenters. The summed E-state index contributed by atoms with van der Waals surface area (Å²) >= 11 is 0. The zero-order valence-corrected chi connectivity index (χ0v) is 15.9. The first-order valence-corrected chi connectivity index (χ1v) is 10.2. The van der Waals surface area contributed by atoms with Crippen molar-refractivity contribution in [3.8, 4) is 0 Å². The number of nitrogens with one attached hydrogen (secondary N) is 1. The Morgan fingerprint density at radius 1 is 1.19 bits per heavy atom. The topological polar surface area (TPSA) is 92.3 Å². The molecule has 1 aliphatic heterocycles. The minimum absolute atomic E-state index is 0.00772. The molecule has 1 aromatic heterocycles. The third kappa shape index (κ3) is 4.19. The lowest BCUT2D eigenvalue weighted by molar-refractivity contribution is 0.0741. The average molecular weight is 374 g/mol. The van der Waals surface area contributed by atoms with E-state index in [9.17, 15) is 13.2 Å². The summed E-state index contributed by atoms with van der Waals surface area (Å²) in [6.07, 6.45) is 0.461. The average Bonchev–Trinajstić information content (AvgIpc) is 2.95. The van der Waals surface area contributed by atoms with Crippen LogP contribution in [0.15, 0.2) is 30.3 Å². The van der Waals surface area contributed by atoms with Gasteiger partial charge in [-0.1, -0.05) is 17.7 Å². The Bertz CT molecular complexity index is 926. The highest BCUT2D eigenvalue weighted by Gasteiger charge is 2.33. The summed E-state index contributed by atoms with van der Waals surface area (Å²) in [6, 6.07) is 9.12. The van der Waals surface area contributed by atoms with Crippen LogP contribution in [0.1, 0.15) is 28.3 Å². The van der Waals surface area contributed by atoms with Gasteiger partial charge < -0.3 is 10.2 Å². The van der Waals surface area contributed by atoms with Crippen molar-refractivity contribution in [2.24, 2.45) is 0 Å². The van der Waals surface area contributed by atoms with E-state index in [1.165, 1.54) is 4.90 Å². The molecule has 2 aromatic rings. The quantitative estimate of drug-likeness (QED) is 0.881. The number of amides is 1. The molecule has 0 radical (unpaired) electrons. The number of rotatable bonds is 4. The van der Waals surface area contributed by atoms with Gasteiger partial charge in [0.15, 0.2) is 9.84 Å². The van der Waals surface area contributed by atoms with E-state index in [1.807, 2.05) is 31.2 Å². The smallest absolute Gasteiger partial charge is 0.272 e. The first-order chi connectivity index (χ1) is 12.2. The molecule has 26 heavy (non-hydrogen) atoms. The fraction of sp³-hybridized carbons (Fsp3) is 0.389. The highest BCUT2D eigenvalue weighted by Crippen LogP contribution is 2.20. The van der Waals surface area contributed by atoms with Gasteiger partial charge in [0, 0.05) is 24.8 Å². The molecule has 0 bridgehead atoms. The van der Waals surface area contributed by atoms with E-state index in [0.717, 1.165) is 11.3 Å². The zero-order chi connectivity index (χ0) is 18.9. The summed E-state index contributed by atoms with van der Waals surface area (Å²) in [6.45, 7) is 3.73. The Hall–Kier alpha value is -2.48. The van der Waals surface area contributed by atoms with Gasteiger partial charge in [0.25, 0.3) is 5.91 Å². The number of hydrogen-bond acceptors (Lipinski definition) is 6. The molecular weight excluding hydrogens is 352 g/mol. The molecule has 1 aromatic carbocycles. The second kappa shape index (κ2) is 7.03. The first kappa shape index (κ1) is 18.3. The van der Waals surface area contributed by atoms with Crippen LogP contribution in [0, 0.1) is 13.8 Å². The fourth-order valence-electron chi connectivity index (χ4n) is 2.95. The third-order valence-corrected chi connectivity index (χ3v) is 6.21. The molecule has 1 aliphatic rings. The molecule has 1 N–H and O–H groups in total. The molecule has 1 amide bonds. The predicted octanol–water partition coefficient (Wildman–Crippen LogP) is 2.10. The van der Waals surface area contributed by atoms with Gasteiger partial charge in [0.05, 0.1) is 11.5 Å². The van der Waals surface area contributed by atoms with E-state index in [1.54, 1.807) is 20.0 Å². The lowest BCUT2D eigenvalue weighted by Gasteiger charge is -2.23. The Labute approximate surface area is 153 Å². The van der Waals surface area contributed by atoms with Crippen LogP contribution in [0.3, 0.4) is 0 Å². The van der Waals surface area contributed by atoms with Crippen LogP contribution in [0.5, 0.6) is 0 Å². The summed E-state index contributed by atoms with van der Waals surface area (Å²) < 4.78 is 23.3. The van der Waals surface area contributed by atoms with E-state index >= 15 is 0 Å². The summed E-state index contributed by atoms with van der Waals surface area (Å²) in [5, 5.41) is 3.17. The number of nitrogens with zero attached hydrogens (tertiary/aromatic N) is 3. The van der Waals surface area contributed by atoms with Crippen LogP contribution in [-0.4, -0.2) is 53.8 Å². The minimum Gasteiger partial charge on any atom is -0.340 e. The van der Waals surface area contributed by atoms with E-state index in [4.69, 9.17) is 0 Å². The Balaban J connectivity index is 1.80. The van der Waals surface area contributed by atoms with Gasteiger partial charge >= 0.3 is 0 Å². The molecular formula is C18H22N4O3S. The van der Waals surface area contributed by atoms with E-state index in [0.29, 0.717) is 18.1 Å². The standard InChI is InChI=1S/C18H22N4O3S/c1-12-4-6-14(7-5-12)21-17-10-16(19-13(2)20-17)18(23)22(3)15-8-9-26(24,25)11-15/h4-7,10,15H,8-9,11H2,1-3H3,(H,19,20,21). The van der Waals surface area contributed by atoms with Crippen molar-refractivity contribution >= 4 is 27.2 Å². The van der Waals surface area contributed by atoms with Crippen molar-refractivity contribution < 1.29 is 13.2 Å². The summed E-state index contributed by atoms with van der Waals surface area (Å²) in [7, 11) is -1.43. The predicted molar refractivity (Wildman–Crippen MR) is 100 cm³/mol. The second-order valence-corrected chi connectivity index (χ2v) is 8.88. The first-order valence-electron chi connectivity index (χ1n) is 8.40. The number of anilines is 2. The zero-order valence-electron chi connectivity index (χ0n) is 15.1. The number of aromatic nitrogens is 2. The van der Waals surface area contributed by atoms with Crippen LogP contribution < -0.4 is 5.32 Å². The second-order valence-electron chi connectivity index (χ2n) is 6.65. The van der Waals surface area contributed by atoms with E-state index < -0.39 is 9.84 Å². The van der Waals surface area contributed by atoms with Crippen molar-refractivity contribution in [1.29, 1.82) is 0 Å². The summed E-state index contributed by atoms with van der Waals surface area (Å²) in [4.78, 5) is 22.8. The summed E-state index contributed by atoms with van der Waals surface area (Å²) in [5.41, 5.74) is 2.26. The largest absolute Gasteiger partial charge is 0.340 e. The molecule has 1 atom stereocenters. The van der Waals surface area contributed by atoms with Crippen molar-refractivity contribution in [3.05, 3.63) is 47.4 Å². The van der Waals surface area contributed by atoms with Crippen LogP contribution in [0.2, 0.25) is 0 Å². The van der Waals surface area contributed by atoms with Gasteiger partial charge in [-0.15, -0.1) is 0 Å². The molecule has 2 heterocycles. The number of sulfone groups is 1. The van der Waals surface area contributed by atoms with Crippen LogP contribution in [0.25, 0.3) is 0 Å². The lowest BCUT2D eigenvalue weighted by atomic mass is 10.2. The number of aryl methyl sites for hydroxylation is 2. The molecule has 1 saturated heterocycles. The van der Waals surface area contributed by atoms with Crippen molar-refractivity contribution in [1.82, 2.24) is 14.9 Å². The molecule has 0 aliphatic carbocycles. The molecule has 7 nitrogen and oxygen atoms in total. The van der Waals surface area contributed by atoms with Crippen LogP contribution >= 0.6 is 0 Å². The lowest BCUT2D eigenvalue weighted by Crippen LogP contribution is -2.38. The van der Waals surface area contributed by atoms with Crippen LogP contribution in [0.4, 0.5) is 11.5 Å². The maximum atomic E-state index is 12.8. The maximum Gasteiger partial charge on any atom is 0.272 e. The maximum absolute atomic E-state index is 12.8. The fourth-order valence-corrected chi connectivity index (χ4v) is 4.73. The van der Waals surface area contributed by atoms with Gasteiger partial charge in [0.1, 0.15) is 17.3 Å². The van der Waals surface area contributed by atoms with Crippen molar-refractivity contribution in [2.45, 2.75) is 26.3 Å². The number of carbonyl (C=O) groups is 1. The summed E-state index contributed by atoms with van der Waals surface area (Å²) in [5.74, 6) is 0.825. The number of carbonyl (C=O) groups excluding carboxylic acids is 1. The monoisotopic (exact) mass is 374 g/mol. The third-order valence-electron chi connectivity index (χ3n) is 4.46. The SMILES string of the molecule is Cc1ccc(Nc2cc(C(=O)N(C)C3CCS(=O)(=O)C3)nc(C)n2)cc1. The highest BCUT2D eigenvalue weighted by molar-refractivity contribution is 7.91. The molecule has 138 valence electrons. The van der Waals surface area contributed by atoms with Gasteiger partial charge in [-0.25, -0.2) is 18.4 Å². The molecule has 1 fully saturated rings. The number of benzene rings is 1. The van der Waals surface area contributed by atoms with Gasteiger partial charge in [0.2, 0.25) is 0 Å². The van der Waals surface area contributed by atoms with Gasteiger partial charge in [-0.3, -0.25) is 4.79 Å². The Morgan fingerprint density at radius 2 is 1.88 bits per heavy atom. The molecule has 0 saturated carbocycles. The molecule has 0 spiro atoms. The minimum atomic E-state index is -3.06. The van der Waals surface area contributed by atoms with Gasteiger partial charge in [-0.2, -0.15) is 0 Å². The molecule has 3 rings (SSSR count). The normalized spacial score (nSPS) is 18.5. The highest BCUT2D eigenvalue weighted by atomic mass is 32.2. The van der Waals surface area contributed by atoms with Crippen molar-refractivity contribution in [3.63, 3.8) is 0 Å². The van der Waals surface area contributed by atoms with Crippen molar-refractivity contribution in [2.75, 3.05) is 23.9 Å². The Morgan fingerprint density at radius 3 is 2.50 bits per heavy atom.